The second-order valence-corrected chi connectivity index (χ2v) is 7.30. The molecular weight excluding hydrogens is 228 g/mol. The van der Waals surface area contributed by atoms with E-state index in [1.807, 2.05) is 11.1 Å². The molecule has 0 amide bonds. The van der Waals surface area contributed by atoms with Gasteiger partial charge in [0.2, 0.25) is 0 Å². The first kappa shape index (κ1) is 13.5. The van der Waals surface area contributed by atoms with Crippen LogP contribution in [-0.2, 0) is 0 Å². The molecule has 3 aliphatic rings. The summed E-state index contributed by atoms with van der Waals surface area (Å²) < 4.78 is 0. The molecule has 0 bridgehead atoms. The van der Waals surface area contributed by atoms with Crippen molar-refractivity contribution in [3.05, 3.63) is 22.8 Å². The molecule has 0 heterocycles. The third-order valence-corrected chi connectivity index (χ3v) is 5.84. The maximum absolute atomic E-state index is 2.58. The van der Waals surface area contributed by atoms with Crippen LogP contribution in [0.15, 0.2) is 22.8 Å². The molecule has 3 atom stereocenters. The number of fused-ring (bicyclic) bond motifs is 2. The maximum Gasteiger partial charge on any atom is -0.0102 e. The second kappa shape index (κ2) is 5.46. The highest BCUT2D eigenvalue weighted by molar-refractivity contribution is 5.49. The summed E-state index contributed by atoms with van der Waals surface area (Å²) >= 11 is 0. The first-order chi connectivity index (χ1) is 9.24. The molecule has 3 aliphatic carbocycles. The van der Waals surface area contributed by atoms with Gasteiger partial charge in [0, 0.05) is 0 Å². The molecule has 0 aromatic carbocycles. The maximum atomic E-state index is 2.58. The van der Waals surface area contributed by atoms with E-state index >= 15 is 0 Å². The van der Waals surface area contributed by atoms with Gasteiger partial charge in [-0.05, 0) is 66.9 Å². The Morgan fingerprint density at radius 3 is 2.74 bits per heavy atom. The van der Waals surface area contributed by atoms with Crippen LogP contribution < -0.4 is 0 Å². The van der Waals surface area contributed by atoms with Crippen LogP contribution in [0.2, 0.25) is 0 Å². The number of unbranched alkanes of at least 4 members (excludes halogenated alkanes) is 1. The van der Waals surface area contributed by atoms with E-state index < -0.39 is 0 Å². The minimum absolute atomic E-state index is 0.834. The average Bonchev–Trinajstić information content (AvgIpc) is 2.94. The predicted molar refractivity (Wildman–Crippen MR) is 83.0 cm³/mol. The molecule has 1 saturated carbocycles. The normalized spacial score (nSPS) is 33.7. The molecular formula is C19H30. The highest BCUT2D eigenvalue weighted by atomic mass is 14.5. The van der Waals surface area contributed by atoms with Gasteiger partial charge in [-0.2, -0.15) is 0 Å². The minimum Gasteiger partial charge on any atom is -0.0769 e. The zero-order valence-electron chi connectivity index (χ0n) is 13.0. The van der Waals surface area contributed by atoms with Gasteiger partial charge >= 0.3 is 0 Å². The van der Waals surface area contributed by atoms with E-state index in [9.17, 15) is 0 Å². The van der Waals surface area contributed by atoms with Crippen LogP contribution >= 0.6 is 0 Å². The lowest BCUT2D eigenvalue weighted by Crippen LogP contribution is -2.26. The molecule has 0 aliphatic heterocycles. The van der Waals surface area contributed by atoms with Crippen LogP contribution in [0.1, 0.15) is 72.1 Å². The summed E-state index contributed by atoms with van der Waals surface area (Å²) in [6.45, 7) is 7.24. The van der Waals surface area contributed by atoms with Crippen LogP contribution in [0, 0.1) is 23.7 Å². The Hall–Kier alpha value is -0.520. The fraction of sp³-hybridized carbons (Fsp3) is 0.789. The fourth-order valence-electron chi connectivity index (χ4n) is 5.11. The van der Waals surface area contributed by atoms with Crippen LogP contribution in [0.5, 0.6) is 0 Å². The van der Waals surface area contributed by atoms with Gasteiger partial charge in [0.1, 0.15) is 0 Å². The van der Waals surface area contributed by atoms with Crippen molar-refractivity contribution in [2.75, 3.05) is 0 Å². The molecule has 0 spiro atoms. The minimum atomic E-state index is 0.834. The number of hydrogen-bond acceptors (Lipinski definition) is 0. The van der Waals surface area contributed by atoms with Crippen LogP contribution in [0.3, 0.4) is 0 Å². The van der Waals surface area contributed by atoms with Gasteiger partial charge in [-0.25, -0.2) is 0 Å². The molecule has 0 aromatic rings. The predicted octanol–water partition coefficient (Wildman–Crippen LogP) is 5.90. The Labute approximate surface area is 119 Å². The molecule has 0 nitrogen and oxygen atoms in total. The lowest BCUT2D eigenvalue weighted by atomic mass is 9.70. The van der Waals surface area contributed by atoms with Crippen molar-refractivity contribution < 1.29 is 0 Å². The summed E-state index contributed by atoms with van der Waals surface area (Å²) in [6.07, 6.45) is 13.9. The smallest absolute Gasteiger partial charge is 0.0102 e. The van der Waals surface area contributed by atoms with Crippen LogP contribution in [-0.4, -0.2) is 0 Å². The van der Waals surface area contributed by atoms with E-state index in [0.717, 1.165) is 23.7 Å². The SMILES string of the molecule is CCCCC1=CCC2=C1C(C(C)C)C1CCCCC21. The molecule has 106 valence electrons. The molecule has 0 saturated heterocycles. The third kappa shape index (κ3) is 2.22. The first-order valence-corrected chi connectivity index (χ1v) is 8.66. The van der Waals surface area contributed by atoms with Crippen molar-refractivity contribution >= 4 is 0 Å². The van der Waals surface area contributed by atoms with E-state index in [0.29, 0.717) is 0 Å². The van der Waals surface area contributed by atoms with E-state index in [2.05, 4.69) is 26.8 Å². The van der Waals surface area contributed by atoms with Gasteiger partial charge < -0.3 is 0 Å². The molecule has 0 N–H and O–H groups in total. The van der Waals surface area contributed by atoms with Crippen molar-refractivity contribution in [2.45, 2.75) is 72.1 Å². The lowest BCUT2D eigenvalue weighted by molar-refractivity contribution is 0.200. The molecule has 3 rings (SSSR count). The standard InChI is InChI=1S/C19H30/c1-4-5-8-14-11-12-17-15-9-6-7-10-16(15)18(13(2)3)19(14)17/h11,13,15-16,18H,4-10,12H2,1-3H3. The van der Waals surface area contributed by atoms with Crippen LogP contribution in [0.4, 0.5) is 0 Å². The summed E-state index contributed by atoms with van der Waals surface area (Å²) in [5, 5.41) is 0. The second-order valence-electron chi connectivity index (χ2n) is 7.30. The van der Waals surface area contributed by atoms with Gasteiger partial charge in [0.15, 0.2) is 0 Å². The Bertz CT molecular complexity index is 396. The van der Waals surface area contributed by atoms with Crippen molar-refractivity contribution in [2.24, 2.45) is 23.7 Å². The topological polar surface area (TPSA) is 0 Å². The van der Waals surface area contributed by atoms with Crippen molar-refractivity contribution in [1.82, 2.24) is 0 Å². The quantitative estimate of drug-likeness (QED) is 0.589. The van der Waals surface area contributed by atoms with Crippen LogP contribution in [0.25, 0.3) is 0 Å². The zero-order chi connectivity index (χ0) is 13.4. The molecule has 0 heteroatoms. The fourth-order valence-corrected chi connectivity index (χ4v) is 5.11. The molecule has 19 heavy (non-hydrogen) atoms. The van der Waals surface area contributed by atoms with E-state index in [4.69, 9.17) is 0 Å². The Kier molecular flexibility index (Phi) is 3.87. The number of allylic oxidation sites excluding steroid dienone is 4. The summed E-state index contributed by atoms with van der Waals surface area (Å²) in [6, 6.07) is 0. The van der Waals surface area contributed by atoms with E-state index in [1.54, 1.807) is 5.57 Å². The van der Waals surface area contributed by atoms with Gasteiger partial charge in [-0.15, -0.1) is 0 Å². The molecule has 1 fully saturated rings. The van der Waals surface area contributed by atoms with Gasteiger partial charge in [-0.3, -0.25) is 0 Å². The van der Waals surface area contributed by atoms with Gasteiger partial charge in [-0.1, -0.05) is 51.7 Å². The van der Waals surface area contributed by atoms with Crippen molar-refractivity contribution in [1.29, 1.82) is 0 Å². The summed E-state index contributed by atoms with van der Waals surface area (Å²) in [5.41, 5.74) is 5.50. The van der Waals surface area contributed by atoms with Crippen molar-refractivity contribution in [3.8, 4) is 0 Å². The lowest BCUT2D eigenvalue weighted by Gasteiger charge is -2.34. The summed E-state index contributed by atoms with van der Waals surface area (Å²) in [5.74, 6) is 3.70. The number of hydrogen-bond donors (Lipinski definition) is 0. The summed E-state index contributed by atoms with van der Waals surface area (Å²) in [4.78, 5) is 0. The number of rotatable bonds is 4. The Balaban J connectivity index is 1.88. The highest BCUT2D eigenvalue weighted by Crippen LogP contribution is 2.57. The Morgan fingerprint density at radius 1 is 1.21 bits per heavy atom. The molecule has 0 radical (unpaired) electrons. The highest BCUT2D eigenvalue weighted by Gasteiger charge is 2.46. The van der Waals surface area contributed by atoms with E-state index in [1.165, 1.54) is 51.4 Å². The largest absolute Gasteiger partial charge is 0.0769 e. The van der Waals surface area contributed by atoms with E-state index in [-0.39, 0.29) is 0 Å². The van der Waals surface area contributed by atoms with Crippen molar-refractivity contribution in [3.63, 3.8) is 0 Å². The molecule has 0 aromatic heterocycles. The van der Waals surface area contributed by atoms with Gasteiger partial charge in [0.25, 0.3) is 0 Å². The zero-order valence-corrected chi connectivity index (χ0v) is 13.0. The molecule has 3 unspecified atom stereocenters. The monoisotopic (exact) mass is 258 g/mol. The average molecular weight is 258 g/mol. The Morgan fingerprint density at radius 2 is 2.00 bits per heavy atom. The summed E-state index contributed by atoms with van der Waals surface area (Å²) in [7, 11) is 0. The first-order valence-electron chi connectivity index (χ1n) is 8.66. The third-order valence-electron chi connectivity index (χ3n) is 5.84. The van der Waals surface area contributed by atoms with Gasteiger partial charge in [0.05, 0.1) is 0 Å².